The van der Waals surface area contributed by atoms with Crippen molar-refractivity contribution in [3.05, 3.63) is 119 Å². The van der Waals surface area contributed by atoms with Gasteiger partial charge in [0.05, 0.1) is 14.2 Å². The SMILES string of the molecule is COc1ccc(C(=O)Nc2ccn(CC(=O)NC(Cc3ccccc3)C(=O)N(C)c3ccc(OC)cc3)c(=O)c2)cc1. The smallest absolute Gasteiger partial charge is 0.255 e. The third-order valence-corrected chi connectivity index (χ3v) is 6.63. The van der Waals surface area contributed by atoms with Crippen LogP contribution in [0, 0.1) is 0 Å². The zero-order valence-corrected chi connectivity index (χ0v) is 23.6. The minimum Gasteiger partial charge on any atom is -0.497 e. The average Bonchev–Trinajstić information content (AvgIpc) is 3.02. The quantitative estimate of drug-likeness (QED) is 0.286. The number of rotatable bonds is 11. The number of ether oxygens (including phenoxy) is 2. The third kappa shape index (κ3) is 7.63. The number of amides is 3. The van der Waals surface area contributed by atoms with E-state index in [0.29, 0.717) is 22.7 Å². The van der Waals surface area contributed by atoms with Gasteiger partial charge < -0.3 is 29.6 Å². The van der Waals surface area contributed by atoms with E-state index in [1.165, 1.54) is 34.9 Å². The minimum absolute atomic E-state index is 0.261. The van der Waals surface area contributed by atoms with Crippen LogP contribution in [-0.4, -0.2) is 49.6 Å². The van der Waals surface area contributed by atoms with Gasteiger partial charge in [-0.25, -0.2) is 0 Å². The van der Waals surface area contributed by atoms with Gasteiger partial charge in [-0.05, 0) is 60.2 Å². The molecule has 0 saturated heterocycles. The van der Waals surface area contributed by atoms with E-state index in [1.54, 1.807) is 62.7 Å². The van der Waals surface area contributed by atoms with Crippen LogP contribution in [0.1, 0.15) is 15.9 Å². The number of hydrogen-bond acceptors (Lipinski definition) is 6. The standard InChI is InChI=1S/C32H32N4O6/c1-35(25-11-15-27(42-3)16-12-25)32(40)28(19-22-7-5-4-6-8-22)34-29(37)21-36-18-17-24(20-30(36)38)33-31(39)23-9-13-26(41-2)14-10-23/h4-18,20,28H,19,21H2,1-3H3,(H,33,39)(H,34,37). The Kier molecular flexibility index (Phi) is 9.73. The fourth-order valence-electron chi connectivity index (χ4n) is 4.27. The molecule has 0 saturated carbocycles. The Hall–Kier alpha value is -5.38. The van der Waals surface area contributed by atoms with Gasteiger partial charge in [-0.3, -0.25) is 19.2 Å². The lowest BCUT2D eigenvalue weighted by Crippen LogP contribution is -2.50. The molecule has 0 radical (unpaired) electrons. The van der Waals surface area contributed by atoms with Gasteiger partial charge in [-0.2, -0.15) is 0 Å². The zero-order valence-electron chi connectivity index (χ0n) is 23.6. The number of pyridine rings is 1. The summed E-state index contributed by atoms with van der Waals surface area (Å²) in [6, 6.07) is 24.8. The number of aromatic nitrogens is 1. The number of anilines is 2. The van der Waals surface area contributed by atoms with Crippen molar-refractivity contribution in [1.82, 2.24) is 9.88 Å². The van der Waals surface area contributed by atoms with E-state index in [2.05, 4.69) is 10.6 Å². The van der Waals surface area contributed by atoms with Crippen molar-refractivity contribution in [3.63, 3.8) is 0 Å². The van der Waals surface area contributed by atoms with Crippen LogP contribution in [0.4, 0.5) is 11.4 Å². The van der Waals surface area contributed by atoms with Gasteiger partial charge >= 0.3 is 0 Å². The number of likely N-dealkylation sites (N-methyl/N-ethyl adjacent to an activating group) is 1. The highest BCUT2D eigenvalue weighted by atomic mass is 16.5. The van der Waals surface area contributed by atoms with Crippen LogP contribution >= 0.6 is 0 Å². The molecule has 1 aromatic heterocycles. The monoisotopic (exact) mass is 568 g/mol. The minimum atomic E-state index is -0.884. The molecule has 0 spiro atoms. The number of nitrogens with one attached hydrogen (secondary N) is 2. The normalized spacial score (nSPS) is 11.2. The first-order chi connectivity index (χ1) is 20.3. The first kappa shape index (κ1) is 29.6. The molecule has 10 nitrogen and oxygen atoms in total. The van der Waals surface area contributed by atoms with Crippen molar-refractivity contribution in [2.45, 2.75) is 19.0 Å². The summed E-state index contributed by atoms with van der Waals surface area (Å²) in [6.45, 7) is -0.309. The van der Waals surface area contributed by atoms with Gasteiger partial charge in [-0.1, -0.05) is 30.3 Å². The Bertz CT molecular complexity index is 1580. The van der Waals surface area contributed by atoms with E-state index < -0.39 is 23.4 Å². The van der Waals surface area contributed by atoms with Gasteiger partial charge in [0.25, 0.3) is 11.5 Å². The maximum absolute atomic E-state index is 13.5. The van der Waals surface area contributed by atoms with E-state index in [1.807, 2.05) is 30.3 Å². The van der Waals surface area contributed by atoms with Crippen molar-refractivity contribution in [2.24, 2.45) is 0 Å². The highest BCUT2D eigenvalue weighted by Crippen LogP contribution is 2.19. The molecule has 0 fully saturated rings. The van der Waals surface area contributed by atoms with Crippen LogP contribution < -0.4 is 30.6 Å². The number of methoxy groups -OCH3 is 2. The number of carbonyl (C=O) groups is 3. The van der Waals surface area contributed by atoms with Crippen LogP contribution in [-0.2, 0) is 22.6 Å². The Morgan fingerprint density at radius 3 is 2.07 bits per heavy atom. The van der Waals surface area contributed by atoms with E-state index >= 15 is 0 Å². The van der Waals surface area contributed by atoms with E-state index in [4.69, 9.17) is 9.47 Å². The first-order valence-corrected chi connectivity index (χ1v) is 13.2. The van der Waals surface area contributed by atoms with Gasteiger partial charge in [0.2, 0.25) is 11.8 Å². The largest absolute Gasteiger partial charge is 0.497 e. The lowest BCUT2D eigenvalue weighted by atomic mass is 10.0. The number of hydrogen-bond donors (Lipinski definition) is 2. The van der Waals surface area contributed by atoms with Gasteiger partial charge in [-0.15, -0.1) is 0 Å². The second-order valence-electron chi connectivity index (χ2n) is 9.47. The molecule has 0 aliphatic rings. The second kappa shape index (κ2) is 13.8. The topological polar surface area (TPSA) is 119 Å². The van der Waals surface area contributed by atoms with Gasteiger partial charge in [0.15, 0.2) is 0 Å². The summed E-state index contributed by atoms with van der Waals surface area (Å²) in [5, 5.41) is 5.47. The van der Waals surface area contributed by atoms with Crippen LogP contribution in [0.5, 0.6) is 11.5 Å². The van der Waals surface area contributed by atoms with Gasteiger partial charge in [0, 0.05) is 42.7 Å². The second-order valence-corrected chi connectivity index (χ2v) is 9.47. The molecule has 42 heavy (non-hydrogen) atoms. The molecule has 0 aliphatic carbocycles. The summed E-state index contributed by atoms with van der Waals surface area (Å²) < 4.78 is 11.5. The third-order valence-electron chi connectivity index (χ3n) is 6.63. The first-order valence-electron chi connectivity index (χ1n) is 13.2. The maximum atomic E-state index is 13.5. The zero-order chi connectivity index (χ0) is 30.1. The molecule has 3 amide bonds. The molecule has 3 aromatic carbocycles. The predicted octanol–water partition coefficient (Wildman–Crippen LogP) is 3.51. The number of carbonyl (C=O) groups excluding carboxylic acids is 3. The molecule has 2 N–H and O–H groups in total. The molecule has 1 unspecified atom stereocenters. The van der Waals surface area contributed by atoms with E-state index in [-0.39, 0.29) is 24.6 Å². The van der Waals surface area contributed by atoms with E-state index in [9.17, 15) is 19.2 Å². The summed E-state index contributed by atoms with van der Waals surface area (Å²) in [4.78, 5) is 53.4. The lowest BCUT2D eigenvalue weighted by Gasteiger charge is -2.25. The molecule has 1 heterocycles. The number of nitrogens with zero attached hydrogens (tertiary/aromatic N) is 2. The molecule has 0 aliphatic heterocycles. The Morgan fingerprint density at radius 2 is 1.48 bits per heavy atom. The summed E-state index contributed by atoms with van der Waals surface area (Å²) in [6.07, 6.45) is 1.68. The van der Waals surface area contributed by atoms with E-state index in [0.717, 1.165) is 5.56 Å². The van der Waals surface area contributed by atoms with Crippen molar-refractivity contribution in [2.75, 3.05) is 31.5 Å². The molecule has 10 heteroatoms. The highest BCUT2D eigenvalue weighted by Gasteiger charge is 2.25. The number of benzene rings is 3. The summed E-state index contributed by atoms with van der Waals surface area (Å²) in [5.74, 6) is 0.0552. The summed E-state index contributed by atoms with van der Waals surface area (Å²) in [7, 11) is 4.73. The molecule has 4 aromatic rings. The van der Waals surface area contributed by atoms with Crippen LogP contribution in [0.2, 0.25) is 0 Å². The Labute approximate surface area is 243 Å². The molecular weight excluding hydrogens is 536 g/mol. The van der Waals surface area contributed by atoms with Crippen molar-refractivity contribution >= 4 is 29.1 Å². The van der Waals surface area contributed by atoms with Crippen molar-refractivity contribution < 1.29 is 23.9 Å². The Balaban J connectivity index is 1.44. The van der Waals surface area contributed by atoms with Crippen LogP contribution in [0.3, 0.4) is 0 Å². The molecule has 4 rings (SSSR count). The summed E-state index contributed by atoms with van der Waals surface area (Å²) in [5.41, 5.74) is 1.70. The highest BCUT2D eigenvalue weighted by molar-refractivity contribution is 6.04. The lowest BCUT2D eigenvalue weighted by molar-refractivity contribution is -0.127. The van der Waals surface area contributed by atoms with Crippen LogP contribution in [0.15, 0.2) is 102 Å². The van der Waals surface area contributed by atoms with Crippen LogP contribution in [0.25, 0.3) is 0 Å². The van der Waals surface area contributed by atoms with Gasteiger partial charge in [0.1, 0.15) is 24.1 Å². The van der Waals surface area contributed by atoms with Crippen molar-refractivity contribution in [1.29, 1.82) is 0 Å². The fraction of sp³-hybridized carbons (Fsp3) is 0.188. The van der Waals surface area contributed by atoms with Crippen molar-refractivity contribution in [3.8, 4) is 11.5 Å². The molecule has 0 bridgehead atoms. The fourth-order valence-corrected chi connectivity index (χ4v) is 4.27. The predicted molar refractivity (Wildman–Crippen MR) is 160 cm³/mol. The summed E-state index contributed by atoms with van der Waals surface area (Å²) >= 11 is 0. The molecule has 216 valence electrons. The molecule has 1 atom stereocenters. The molecular formula is C32H32N4O6. The maximum Gasteiger partial charge on any atom is 0.255 e. The average molecular weight is 569 g/mol. The Morgan fingerprint density at radius 1 is 0.857 bits per heavy atom.